The van der Waals surface area contributed by atoms with Crippen LogP contribution in [0.5, 0.6) is 5.75 Å². The van der Waals surface area contributed by atoms with Gasteiger partial charge in [0.15, 0.2) is 0 Å². The number of para-hydroxylation sites is 1. The maximum Gasteiger partial charge on any atom is 0.262 e. The van der Waals surface area contributed by atoms with E-state index in [1.807, 2.05) is 0 Å². The predicted molar refractivity (Wildman–Crippen MR) is 117 cm³/mol. The quantitative estimate of drug-likeness (QED) is 0.517. The number of rotatable bonds is 7. The normalized spacial score (nSPS) is 11.7. The number of aryl methyl sites for hydroxylation is 1. The Hall–Kier alpha value is -2.82. The van der Waals surface area contributed by atoms with E-state index in [0.717, 1.165) is 24.3 Å². The minimum absolute atomic E-state index is 0.0973. The van der Waals surface area contributed by atoms with Crippen LogP contribution in [0.1, 0.15) is 5.56 Å². The molecule has 3 rings (SSSR count). The maximum atomic E-state index is 13.4. The van der Waals surface area contributed by atoms with Crippen LogP contribution in [-0.4, -0.2) is 23.9 Å². The molecule has 0 aromatic heterocycles. The molecule has 11 heteroatoms. The van der Waals surface area contributed by atoms with Crippen LogP contribution in [0.3, 0.4) is 0 Å². The summed E-state index contributed by atoms with van der Waals surface area (Å²) in [5, 5.41) is 0.201. The Morgan fingerprint density at radius 3 is 2.19 bits per heavy atom. The molecule has 0 saturated heterocycles. The van der Waals surface area contributed by atoms with Crippen molar-refractivity contribution in [1.29, 1.82) is 0 Å². The SMILES string of the molecule is COc1ccc(S(=O)(=O)Nc2ccccc2Cl)cc1NS(=O)(=O)c1ccc(F)cc1C. The van der Waals surface area contributed by atoms with Crippen LogP contribution in [0.15, 0.2) is 70.5 Å². The molecule has 0 aliphatic carbocycles. The van der Waals surface area contributed by atoms with E-state index in [1.54, 1.807) is 12.1 Å². The molecule has 3 aromatic rings. The monoisotopic (exact) mass is 484 g/mol. The zero-order chi connectivity index (χ0) is 22.8. The molecule has 0 radical (unpaired) electrons. The minimum Gasteiger partial charge on any atom is -0.495 e. The standard InChI is InChI=1S/C20H18ClFN2O5S2/c1-13-11-14(22)7-10-20(13)31(27,28)24-18-12-15(8-9-19(18)29-2)30(25,26)23-17-6-4-3-5-16(17)21/h3-12,23-24H,1-2H3. The lowest BCUT2D eigenvalue weighted by Gasteiger charge is -2.15. The first-order valence-corrected chi connectivity index (χ1v) is 12.1. The molecule has 7 nitrogen and oxygen atoms in total. The summed E-state index contributed by atoms with van der Waals surface area (Å²) in [7, 11) is -6.93. The fourth-order valence-electron chi connectivity index (χ4n) is 2.80. The van der Waals surface area contributed by atoms with Gasteiger partial charge in [-0.3, -0.25) is 9.44 Å². The van der Waals surface area contributed by atoms with E-state index in [1.165, 1.54) is 38.3 Å². The predicted octanol–water partition coefficient (Wildman–Crippen LogP) is 4.40. The average molecular weight is 485 g/mol. The van der Waals surface area contributed by atoms with Gasteiger partial charge in [-0.05, 0) is 61.0 Å². The van der Waals surface area contributed by atoms with Crippen molar-refractivity contribution in [2.75, 3.05) is 16.6 Å². The summed E-state index contributed by atoms with van der Waals surface area (Å²) >= 11 is 6.01. The third kappa shape index (κ3) is 5.09. The highest BCUT2D eigenvalue weighted by Crippen LogP contribution is 2.32. The van der Waals surface area contributed by atoms with Crippen molar-refractivity contribution in [3.63, 3.8) is 0 Å². The van der Waals surface area contributed by atoms with Gasteiger partial charge in [0.25, 0.3) is 20.0 Å². The van der Waals surface area contributed by atoms with E-state index in [2.05, 4.69) is 9.44 Å². The number of ether oxygens (including phenoxy) is 1. The van der Waals surface area contributed by atoms with Crippen LogP contribution in [0.2, 0.25) is 5.02 Å². The molecule has 2 N–H and O–H groups in total. The molecule has 3 aromatic carbocycles. The van der Waals surface area contributed by atoms with Crippen molar-refractivity contribution in [2.24, 2.45) is 0 Å². The lowest BCUT2D eigenvalue weighted by Crippen LogP contribution is -2.17. The first-order chi connectivity index (χ1) is 14.5. The van der Waals surface area contributed by atoms with Gasteiger partial charge < -0.3 is 4.74 Å². The highest BCUT2D eigenvalue weighted by atomic mass is 35.5. The highest BCUT2D eigenvalue weighted by Gasteiger charge is 2.22. The van der Waals surface area contributed by atoms with E-state index < -0.39 is 25.9 Å². The second-order valence-electron chi connectivity index (χ2n) is 6.46. The van der Waals surface area contributed by atoms with Crippen molar-refractivity contribution < 1.29 is 26.0 Å². The van der Waals surface area contributed by atoms with E-state index >= 15 is 0 Å². The van der Waals surface area contributed by atoms with Crippen LogP contribution >= 0.6 is 11.6 Å². The Kier molecular flexibility index (Phi) is 6.44. The van der Waals surface area contributed by atoms with Gasteiger partial charge in [-0.2, -0.15) is 0 Å². The molecule has 31 heavy (non-hydrogen) atoms. The van der Waals surface area contributed by atoms with Crippen LogP contribution < -0.4 is 14.2 Å². The Morgan fingerprint density at radius 2 is 1.55 bits per heavy atom. The van der Waals surface area contributed by atoms with Gasteiger partial charge in [0, 0.05) is 0 Å². The zero-order valence-electron chi connectivity index (χ0n) is 16.4. The van der Waals surface area contributed by atoms with Crippen LogP contribution in [0.25, 0.3) is 0 Å². The fraction of sp³-hybridized carbons (Fsp3) is 0.100. The van der Waals surface area contributed by atoms with Crippen LogP contribution in [0, 0.1) is 12.7 Å². The fourth-order valence-corrected chi connectivity index (χ4v) is 5.43. The number of nitrogens with one attached hydrogen (secondary N) is 2. The zero-order valence-corrected chi connectivity index (χ0v) is 18.8. The summed E-state index contributed by atoms with van der Waals surface area (Å²) in [6.45, 7) is 1.45. The van der Waals surface area contributed by atoms with Gasteiger partial charge in [-0.15, -0.1) is 0 Å². The van der Waals surface area contributed by atoms with Gasteiger partial charge in [0.1, 0.15) is 11.6 Å². The average Bonchev–Trinajstić information content (AvgIpc) is 2.69. The number of halogens is 2. The van der Waals surface area contributed by atoms with Gasteiger partial charge >= 0.3 is 0 Å². The molecular weight excluding hydrogens is 467 g/mol. The number of methoxy groups -OCH3 is 1. The number of sulfonamides is 2. The van der Waals surface area contributed by atoms with Gasteiger partial charge in [0.2, 0.25) is 0 Å². The van der Waals surface area contributed by atoms with Crippen molar-refractivity contribution in [3.05, 3.63) is 77.1 Å². The molecule has 0 amide bonds. The second-order valence-corrected chi connectivity index (χ2v) is 10.2. The summed E-state index contributed by atoms with van der Waals surface area (Å²) in [6, 6.07) is 13.2. The Balaban J connectivity index is 2.00. The number of hydrogen-bond acceptors (Lipinski definition) is 5. The second kappa shape index (κ2) is 8.74. The highest BCUT2D eigenvalue weighted by molar-refractivity contribution is 7.93. The van der Waals surface area contributed by atoms with Crippen molar-refractivity contribution in [3.8, 4) is 5.75 Å². The molecule has 164 valence electrons. The molecule has 0 fully saturated rings. The third-order valence-corrected chi connectivity index (χ3v) is 7.49. The molecule has 0 aliphatic heterocycles. The largest absolute Gasteiger partial charge is 0.495 e. The summed E-state index contributed by atoms with van der Waals surface area (Å²) < 4.78 is 74.4. The Morgan fingerprint density at radius 1 is 0.871 bits per heavy atom. The molecule has 0 saturated carbocycles. The van der Waals surface area contributed by atoms with Crippen molar-refractivity contribution in [1.82, 2.24) is 0 Å². The molecule has 0 atom stereocenters. The molecule has 0 heterocycles. The van der Waals surface area contributed by atoms with E-state index in [-0.39, 0.29) is 37.5 Å². The van der Waals surface area contributed by atoms with Crippen LogP contribution in [0.4, 0.5) is 15.8 Å². The molecule has 0 spiro atoms. The van der Waals surface area contributed by atoms with Gasteiger partial charge in [0.05, 0.1) is 33.3 Å². The summed E-state index contributed by atoms with van der Waals surface area (Å²) in [5.41, 5.74) is 0.257. The van der Waals surface area contributed by atoms with Crippen molar-refractivity contribution in [2.45, 2.75) is 16.7 Å². The molecule has 0 bridgehead atoms. The first kappa shape index (κ1) is 22.9. The number of anilines is 2. The first-order valence-electron chi connectivity index (χ1n) is 8.78. The topological polar surface area (TPSA) is 102 Å². The van der Waals surface area contributed by atoms with Crippen LogP contribution in [-0.2, 0) is 20.0 Å². The van der Waals surface area contributed by atoms with Gasteiger partial charge in [-0.25, -0.2) is 21.2 Å². The van der Waals surface area contributed by atoms with E-state index in [4.69, 9.17) is 16.3 Å². The van der Waals surface area contributed by atoms with Crippen molar-refractivity contribution >= 4 is 43.0 Å². The third-order valence-electron chi connectivity index (χ3n) is 4.27. The van der Waals surface area contributed by atoms with Gasteiger partial charge in [-0.1, -0.05) is 23.7 Å². The summed E-state index contributed by atoms with van der Waals surface area (Å²) in [4.78, 5) is -0.375. The minimum atomic E-state index is -4.15. The molecule has 0 aliphatic rings. The lowest BCUT2D eigenvalue weighted by atomic mass is 10.2. The Bertz CT molecular complexity index is 1350. The summed E-state index contributed by atoms with van der Waals surface area (Å²) in [5.74, 6) is -0.479. The molecule has 0 unspecified atom stereocenters. The summed E-state index contributed by atoms with van der Waals surface area (Å²) in [6.07, 6.45) is 0. The van der Waals surface area contributed by atoms with E-state index in [9.17, 15) is 21.2 Å². The Labute approximate surface area is 184 Å². The smallest absolute Gasteiger partial charge is 0.262 e. The lowest BCUT2D eigenvalue weighted by molar-refractivity contribution is 0.416. The van der Waals surface area contributed by atoms with E-state index in [0.29, 0.717) is 0 Å². The maximum absolute atomic E-state index is 13.4. The number of benzene rings is 3. The molecular formula is C20H18ClFN2O5S2. The number of hydrogen-bond donors (Lipinski definition) is 2.